The van der Waals surface area contributed by atoms with E-state index in [0.29, 0.717) is 11.3 Å². The molecule has 5 heteroatoms. The number of nitrogens with zero attached hydrogens (tertiary/aromatic N) is 1. The van der Waals surface area contributed by atoms with Gasteiger partial charge in [0.05, 0.1) is 5.75 Å². The largest absolute Gasteiger partial charge is 0.322 e. The Hall–Kier alpha value is -3.05. The highest BCUT2D eigenvalue weighted by Crippen LogP contribution is 2.42. The monoisotopic (exact) mass is 458 g/mol. The van der Waals surface area contributed by atoms with E-state index in [1.165, 1.54) is 11.1 Å². The fourth-order valence-electron chi connectivity index (χ4n) is 4.00. The SMILES string of the molecule is CCCCc1ccc(C(=O)Nc2cccc([C@H]3SCC(=O)N3c3ccc(C)c(C)c3)c2)cc1. The first-order valence-electron chi connectivity index (χ1n) is 11.5. The third kappa shape index (κ3) is 5.31. The predicted octanol–water partition coefficient (Wildman–Crippen LogP) is 6.68. The average Bonchev–Trinajstić information content (AvgIpc) is 3.21. The molecule has 2 amide bonds. The molecule has 0 aliphatic carbocycles. The lowest BCUT2D eigenvalue weighted by Gasteiger charge is -2.25. The van der Waals surface area contributed by atoms with E-state index in [9.17, 15) is 9.59 Å². The zero-order valence-corrected chi connectivity index (χ0v) is 20.2. The summed E-state index contributed by atoms with van der Waals surface area (Å²) in [6.07, 6.45) is 3.35. The van der Waals surface area contributed by atoms with Gasteiger partial charge in [-0.15, -0.1) is 11.8 Å². The summed E-state index contributed by atoms with van der Waals surface area (Å²) in [6.45, 7) is 6.31. The van der Waals surface area contributed by atoms with Crippen molar-refractivity contribution < 1.29 is 9.59 Å². The van der Waals surface area contributed by atoms with Gasteiger partial charge in [0.1, 0.15) is 5.37 Å². The van der Waals surface area contributed by atoms with Gasteiger partial charge in [0.25, 0.3) is 5.91 Å². The molecule has 1 aliphatic rings. The number of amides is 2. The summed E-state index contributed by atoms with van der Waals surface area (Å²) in [7, 11) is 0. The Morgan fingerprint density at radius 3 is 2.55 bits per heavy atom. The van der Waals surface area contributed by atoms with E-state index in [4.69, 9.17) is 0 Å². The molecule has 0 saturated carbocycles. The highest BCUT2D eigenvalue weighted by atomic mass is 32.2. The molecule has 4 rings (SSSR count). The van der Waals surface area contributed by atoms with Crippen LogP contribution in [0.4, 0.5) is 11.4 Å². The molecule has 33 heavy (non-hydrogen) atoms. The highest BCUT2D eigenvalue weighted by Gasteiger charge is 2.34. The number of unbranched alkanes of at least 4 members (excludes halogenated alkanes) is 1. The maximum atomic E-state index is 12.8. The standard InChI is InChI=1S/C28H30N2O2S/c1-4-5-7-21-11-13-22(14-12-21)27(32)29-24-9-6-8-23(17-24)28-30(26(31)18-33-28)25-15-10-19(2)20(3)16-25/h6,8-17,28H,4-5,7,18H2,1-3H3,(H,29,32)/t28-/m1/s1. The second kappa shape index (κ2) is 10.3. The van der Waals surface area contributed by atoms with Gasteiger partial charge in [0.2, 0.25) is 5.91 Å². The zero-order chi connectivity index (χ0) is 23.4. The first kappa shape index (κ1) is 23.1. The molecule has 1 saturated heterocycles. The van der Waals surface area contributed by atoms with E-state index >= 15 is 0 Å². The smallest absolute Gasteiger partial charge is 0.255 e. The predicted molar refractivity (Wildman–Crippen MR) is 138 cm³/mol. The van der Waals surface area contributed by atoms with Crippen LogP contribution in [0.1, 0.15) is 57.8 Å². The lowest BCUT2D eigenvalue weighted by Crippen LogP contribution is -2.28. The topological polar surface area (TPSA) is 49.4 Å². The lowest BCUT2D eigenvalue weighted by atomic mass is 10.1. The molecule has 170 valence electrons. The summed E-state index contributed by atoms with van der Waals surface area (Å²) in [4.78, 5) is 27.4. The van der Waals surface area contributed by atoms with Crippen LogP contribution in [0.2, 0.25) is 0 Å². The molecular formula is C28H30N2O2S. The number of aryl methyl sites for hydroxylation is 3. The molecule has 0 unspecified atom stereocenters. The summed E-state index contributed by atoms with van der Waals surface area (Å²) in [5.41, 5.74) is 6.91. The molecule has 1 N–H and O–H groups in total. The van der Waals surface area contributed by atoms with E-state index in [2.05, 4.69) is 38.2 Å². The quantitative estimate of drug-likeness (QED) is 0.430. The average molecular weight is 459 g/mol. The number of rotatable bonds is 7. The van der Waals surface area contributed by atoms with Gasteiger partial charge in [-0.2, -0.15) is 0 Å². The van der Waals surface area contributed by atoms with Crippen LogP contribution in [-0.2, 0) is 11.2 Å². The molecule has 1 fully saturated rings. The summed E-state index contributed by atoms with van der Waals surface area (Å²) >= 11 is 1.61. The molecule has 0 bridgehead atoms. The third-order valence-corrected chi connectivity index (χ3v) is 7.31. The first-order chi connectivity index (χ1) is 16.0. The summed E-state index contributed by atoms with van der Waals surface area (Å²) in [5, 5.41) is 2.90. The highest BCUT2D eigenvalue weighted by molar-refractivity contribution is 8.00. The molecule has 1 aliphatic heterocycles. The van der Waals surface area contributed by atoms with Crippen LogP contribution in [0, 0.1) is 13.8 Å². The Morgan fingerprint density at radius 2 is 1.82 bits per heavy atom. The zero-order valence-electron chi connectivity index (χ0n) is 19.4. The van der Waals surface area contributed by atoms with E-state index < -0.39 is 0 Å². The summed E-state index contributed by atoms with van der Waals surface area (Å²) in [6, 6.07) is 21.8. The Bertz CT molecular complexity index is 1160. The van der Waals surface area contributed by atoms with Gasteiger partial charge in [0, 0.05) is 16.9 Å². The molecule has 1 atom stereocenters. The minimum Gasteiger partial charge on any atom is -0.322 e. The van der Waals surface area contributed by atoms with Crippen LogP contribution in [0.25, 0.3) is 0 Å². The Labute approximate surface area is 200 Å². The third-order valence-electron chi connectivity index (χ3n) is 6.10. The molecule has 4 nitrogen and oxygen atoms in total. The van der Waals surface area contributed by atoms with Crippen molar-refractivity contribution in [2.24, 2.45) is 0 Å². The van der Waals surface area contributed by atoms with Gasteiger partial charge < -0.3 is 5.32 Å². The summed E-state index contributed by atoms with van der Waals surface area (Å²) in [5.74, 6) is 0.416. The van der Waals surface area contributed by atoms with E-state index in [1.54, 1.807) is 11.8 Å². The van der Waals surface area contributed by atoms with Gasteiger partial charge in [-0.25, -0.2) is 0 Å². The van der Waals surface area contributed by atoms with Crippen molar-refractivity contribution in [3.8, 4) is 0 Å². The molecule has 1 heterocycles. The van der Waals surface area contributed by atoms with Crippen molar-refractivity contribution in [2.45, 2.75) is 45.4 Å². The van der Waals surface area contributed by atoms with E-state index in [-0.39, 0.29) is 17.2 Å². The van der Waals surface area contributed by atoms with Crippen molar-refractivity contribution in [3.63, 3.8) is 0 Å². The minimum absolute atomic E-state index is 0.103. The number of anilines is 2. The molecular weight excluding hydrogens is 428 g/mol. The number of carbonyl (C=O) groups excluding carboxylic acids is 2. The van der Waals surface area contributed by atoms with Crippen molar-refractivity contribution in [2.75, 3.05) is 16.0 Å². The van der Waals surface area contributed by atoms with Crippen LogP contribution in [-0.4, -0.2) is 17.6 Å². The second-order valence-electron chi connectivity index (χ2n) is 8.58. The Balaban J connectivity index is 1.51. The number of benzene rings is 3. The fourth-order valence-corrected chi connectivity index (χ4v) is 5.17. The van der Waals surface area contributed by atoms with Crippen molar-refractivity contribution in [1.82, 2.24) is 0 Å². The Kier molecular flexibility index (Phi) is 7.19. The van der Waals surface area contributed by atoms with Crippen LogP contribution in [0.3, 0.4) is 0 Å². The fraction of sp³-hybridized carbons (Fsp3) is 0.286. The number of hydrogen-bond acceptors (Lipinski definition) is 3. The number of hydrogen-bond donors (Lipinski definition) is 1. The van der Waals surface area contributed by atoms with Gasteiger partial charge in [-0.3, -0.25) is 14.5 Å². The molecule has 0 radical (unpaired) electrons. The molecule has 3 aromatic rings. The van der Waals surface area contributed by atoms with Crippen molar-refractivity contribution >= 4 is 35.0 Å². The van der Waals surface area contributed by atoms with Gasteiger partial charge in [-0.05, 0) is 85.3 Å². The number of carbonyl (C=O) groups is 2. The van der Waals surface area contributed by atoms with E-state index in [1.807, 2.05) is 59.5 Å². The lowest BCUT2D eigenvalue weighted by molar-refractivity contribution is -0.115. The maximum absolute atomic E-state index is 12.8. The molecule has 0 aromatic heterocycles. The number of thioether (sulfide) groups is 1. The maximum Gasteiger partial charge on any atom is 0.255 e. The Morgan fingerprint density at radius 1 is 1.03 bits per heavy atom. The van der Waals surface area contributed by atoms with Gasteiger partial charge in [0.15, 0.2) is 0 Å². The van der Waals surface area contributed by atoms with Gasteiger partial charge in [-0.1, -0.05) is 43.7 Å². The van der Waals surface area contributed by atoms with E-state index in [0.717, 1.165) is 41.8 Å². The van der Waals surface area contributed by atoms with Crippen molar-refractivity contribution in [3.05, 3.63) is 94.5 Å². The summed E-state index contributed by atoms with van der Waals surface area (Å²) < 4.78 is 0. The number of nitrogens with one attached hydrogen (secondary N) is 1. The molecule has 3 aromatic carbocycles. The van der Waals surface area contributed by atoms with Crippen LogP contribution in [0.5, 0.6) is 0 Å². The van der Waals surface area contributed by atoms with Crippen LogP contribution >= 0.6 is 11.8 Å². The molecule has 0 spiro atoms. The van der Waals surface area contributed by atoms with Crippen LogP contribution < -0.4 is 10.2 Å². The van der Waals surface area contributed by atoms with Crippen LogP contribution in [0.15, 0.2) is 66.7 Å². The normalized spacial score (nSPS) is 15.7. The van der Waals surface area contributed by atoms with Gasteiger partial charge >= 0.3 is 0 Å². The van der Waals surface area contributed by atoms with Crippen molar-refractivity contribution in [1.29, 1.82) is 0 Å². The first-order valence-corrected chi connectivity index (χ1v) is 12.5. The second-order valence-corrected chi connectivity index (χ2v) is 9.64. The minimum atomic E-state index is -0.129.